The summed E-state index contributed by atoms with van der Waals surface area (Å²) in [6.45, 7) is 10.9. The molecule has 2 heteroatoms. The Hall–Kier alpha value is -0.860. The molecule has 0 aliphatic rings. The molecule has 0 aromatic heterocycles. The second-order valence-corrected chi connectivity index (χ2v) is 6.18. The summed E-state index contributed by atoms with van der Waals surface area (Å²) in [7, 11) is 0. The molecular formula is C17H30N2. The summed E-state index contributed by atoms with van der Waals surface area (Å²) in [5.74, 6) is 0. The summed E-state index contributed by atoms with van der Waals surface area (Å²) < 4.78 is 0. The Morgan fingerprint density at radius 2 is 1.79 bits per heavy atom. The molecule has 0 aliphatic heterocycles. The van der Waals surface area contributed by atoms with Crippen molar-refractivity contribution in [2.75, 3.05) is 19.6 Å². The van der Waals surface area contributed by atoms with Gasteiger partial charge in [0.2, 0.25) is 0 Å². The van der Waals surface area contributed by atoms with Crippen molar-refractivity contribution in [3.8, 4) is 0 Å². The van der Waals surface area contributed by atoms with Gasteiger partial charge in [0.15, 0.2) is 0 Å². The van der Waals surface area contributed by atoms with E-state index in [9.17, 15) is 0 Å². The van der Waals surface area contributed by atoms with E-state index in [4.69, 9.17) is 5.73 Å². The van der Waals surface area contributed by atoms with Crippen molar-refractivity contribution in [1.29, 1.82) is 0 Å². The molecule has 0 amide bonds. The quantitative estimate of drug-likeness (QED) is 0.688. The average Bonchev–Trinajstić information content (AvgIpc) is 2.43. The van der Waals surface area contributed by atoms with E-state index in [1.165, 1.54) is 31.4 Å². The van der Waals surface area contributed by atoms with Gasteiger partial charge >= 0.3 is 0 Å². The zero-order chi connectivity index (χ0) is 14.1. The van der Waals surface area contributed by atoms with Crippen LogP contribution in [0.4, 0.5) is 0 Å². The highest BCUT2D eigenvalue weighted by Crippen LogP contribution is 2.21. The number of hydrogen-bond acceptors (Lipinski definition) is 2. The highest BCUT2D eigenvalue weighted by atomic mass is 15.1. The predicted molar refractivity (Wildman–Crippen MR) is 84.1 cm³/mol. The van der Waals surface area contributed by atoms with Crippen LogP contribution in [0.2, 0.25) is 0 Å². The normalized spacial score (nSPS) is 12.1. The molecule has 1 aromatic carbocycles. The minimum Gasteiger partial charge on any atom is -0.330 e. The van der Waals surface area contributed by atoms with Crippen LogP contribution < -0.4 is 5.73 Å². The molecule has 1 rings (SSSR count). The van der Waals surface area contributed by atoms with E-state index < -0.39 is 0 Å². The Balaban J connectivity index is 2.26. The van der Waals surface area contributed by atoms with Gasteiger partial charge < -0.3 is 5.73 Å². The monoisotopic (exact) mass is 262 g/mol. The highest BCUT2D eigenvalue weighted by molar-refractivity contribution is 5.14. The first-order chi connectivity index (χ1) is 9.07. The van der Waals surface area contributed by atoms with Gasteiger partial charge in [0.1, 0.15) is 0 Å². The van der Waals surface area contributed by atoms with Gasteiger partial charge in [-0.1, -0.05) is 57.5 Å². The first-order valence-corrected chi connectivity index (χ1v) is 7.54. The molecule has 0 aliphatic carbocycles. The van der Waals surface area contributed by atoms with E-state index >= 15 is 0 Å². The third-order valence-corrected chi connectivity index (χ3v) is 3.83. The van der Waals surface area contributed by atoms with Crippen molar-refractivity contribution in [1.82, 2.24) is 4.90 Å². The molecule has 19 heavy (non-hydrogen) atoms. The number of hydrogen-bond donors (Lipinski definition) is 1. The summed E-state index contributed by atoms with van der Waals surface area (Å²) in [5.41, 5.74) is 7.48. The summed E-state index contributed by atoms with van der Waals surface area (Å²) in [6, 6.07) is 10.7. The smallest absolute Gasteiger partial charge is 0.0233 e. The SMILES string of the molecule is CCN(CCCCC(C)(C)CN)Cc1ccccc1. The molecule has 0 atom stereocenters. The number of nitrogens with zero attached hydrogens (tertiary/aromatic N) is 1. The maximum Gasteiger partial charge on any atom is 0.0233 e. The van der Waals surface area contributed by atoms with Crippen LogP contribution in [0, 0.1) is 5.41 Å². The topological polar surface area (TPSA) is 29.3 Å². The predicted octanol–water partition coefficient (Wildman–Crippen LogP) is 3.66. The van der Waals surface area contributed by atoms with Crippen molar-refractivity contribution < 1.29 is 0 Å². The molecule has 0 saturated heterocycles. The fraction of sp³-hybridized carbons (Fsp3) is 0.647. The Kier molecular flexibility index (Phi) is 7.11. The Morgan fingerprint density at radius 3 is 2.37 bits per heavy atom. The lowest BCUT2D eigenvalue weighted by Gasteiger charge is -2.24. The van der Waals surface area contributed by atoms with E-state index in [0.29, 0.717) is 5.41 Å². The summed E-state index contributed by atoms with van der Waals surface area (Å²) in [4.78, 5) is 2.52. The average molecular weight is 262 g/mol. The second-order valence-electron chi connectivity index (χ2n) is 6.18. The molecule has 0 unspecified atom stereocenters. The van der Waals surface area contributed by atoms with Gasteiger partial charge in [0.05, 0.1) is 0 Å². The zero-order valence-electron chi connectivity index (χ0n) is 12.9. The molecule has 0 heterocycles. The fourth-order valence-corrected chi connectivity index (χ4v) is 2.23. The van der Waals surface area contributed by atoms with Crippen LogP contribution in [0.15, 0.2) is 30.3 Å². The van der Waals surface area contributed by atoms with Gasteiger partial charge in [-0.15, -0.1) is 0 Å². The van der Waals surface area contributed by atoms with Gasteiger partial charge in [-0.05, 0) is 43.5 Å². The van der Waals surface area contributed by atoms with Crippen LogP contribution in [0.25, 0.3) is 0 Å². The first kappa shape index (κ1) is 16.2. The summed E-state index contributed by atoms with van der Waals surface area (Å²) >= 11 is 0. The van der Waals surface area contributed by atoms with Crippen molar-refractivity contribution in [3.63, 3.8) is 0 Å². The van der Waals surface area contributed by atoms with Gasteiger partial charge in [-0.2, -0.15) is 0 Å². The Labute approximate surface area is 119 Å². The largest absolute Gasteiger partial charge is 0.330 e. The maximum absolute atomic E-state index is 5.77. The lowest BCUT2D eigenvalue weighted by atomic mass is 9.87. The minimum atomic E-state index is 0.302. The van der Waals surface area contributed by atoms with Gasteiger partial charge in [0.25, 0.3) is 0 Å². The molecule has 0 radical (unpaired) electrons. The van der Waals surface area contributed by atoms with E-state index in [2.05, 4.69) is 56.0 Å². The molecule has 0 spiro atoms. The van der Waals surface area contributed by atoms with E-state index in [1.807, 2.05) is 0 Å². The lowest BCUT2D eigenvalue weighted by Crippen LogP contribution is -2.26. The molecule has 2 nitrogen and oxygen atoms in total. The van der Waals surface area contributed by atoms with Crippen LogP contribution in [0.1, 0.15) is 45.6 Å². The van der Waals surface area contributed by atoms with Crippen molar-refractivity contribution in [2.24, 2.45) is 11.1 Å². The van der Waals surface area contributed by atoms with Crippen molar-refractivity contribution >= 4 is 0 Å². The van der Waals surface area contributed by atoms with Gasteiger partial charge in [-0.25, -0.2) is 0 Å². The number of unbranched alkanes of at least 4 members (excludes halogenated alkanes) is 1. The molecular weight excluding hydrogens is 232 g/mol. The molecule has 2 N–H and O–H groups in total. The molecule has 108 valence electrons. The van der Waals surface area contributed by atoms with Gasteiger partial charge in [-0.3, -0.25) is 4.90 Å². The van der Waals surface area contributed by atoms with Crippen LogP contribution in [-0.2, 0) is 6.54 Å². The van der Waals surface area contributed by atoms with Crippen molar-refractivity contribution in [2.45, 2.75) is 46.6 Å². The number of benzene rings is 1. The third kappa shape index (κ3) is 6.74. The maximum atomic E-state index is 5.77. The molecule has 0 fully saturated rings. The summed E-state index contributed by atoms with van der Waals surface area (Å²) in [6.07, 6.45) is 3.77. The molecule has 0 bridgehead atoms. The minimum absolute atomic E-state index is 0.302. The first-order valence-electron chi connectivity index (χ1n) is 7.54. The third-order valence-electron chi connectivity index (χ3n) is 3.83. The zero-order valence-corrected chi connectivity index (χ0v) is 12.9. The standard InChI is InChI=1S/C17H30N2/c1-4-19(14-16-10-6-5-7-11-16)13-9-8-12-17(2,3)15-18/h5-7,10-11H,4,8-9,12-15,18H2,1-3H3. The summed E-state index contributed by atoms with van der Waals surface area (Å²) in [5, 5.41) is 0. The van der Waals surface area contributed by atoms with Crippen LogP contribution in [0.5, 0.6) is 0 Å². The highest BCUT2D eigenvalue weighted by Gasteiger charge is 2.14. The number of rotatable bonds is 9. The fourth-order valence-electron chi connectivity index (χ4n) is 2.23. The Bertz CT molecular complexity index is 332. The second kappa shape index (κ2) is 8.34. The molecule has 1 aromatic rings. The number of nitrogens with two attached hydrogens (primary N) is 1. The van der Waals surface area contributed by atoms with Crippen LogP contribution in [0.3, 0.4) is 0 Å². The lowest BCUT2D eigenvalue weighted by molar-refractivity contribution is 0.259. The van der Waals surface area contributed by atoms with Gasteiger partial charge in [0, 0.05) is 6.54 Å². The molecule has 0 saturated carbocycles. The van der Waals surface area contributed by atoms with Crippen LogP contribution in [-0.4, -0.2) is 24.5 Å². The van der Waals surface area contributed by atoms with E-state index in [-0.39, 0.29) is 0 Å². The van der Waals surface area contributed by atoms with E-state index in [1.54, 1.807) is 0 Å². The van der Waals surface area contributed by atoms with Crippen molar-refractivity contribution in [3.05, 3.63) is 35.9 Å². The Morgan fingerprint density at radius 1 is 1.11 bits per heavy atom. The van der Waals surface area contributed by atoms with E-state index in [0.717, 1.165) is 19.6 Å². The van der Waals surface area contributed by atoms with Crippen LogP contribution >= 0.6 is 0 Å².